The van der Waals surface area contributed by atoms with Crippen molar-refractivity contribution in [1.29, 1.82) is 0 Å². The van der Waals surface area contributed by atoms with Gasteiger partial charge < -0.3 is 16.4 Å². The van der Waals surface area contributed by atoms with Gasteiger partial charge in [0.2, 0.25) is 5.91 Å². The van der Waals surface area contributed by atoms with Gasteiger partial charge in [-0.25, -0.2) is 8.78 Å². The molecule has 166 valence electrons. The van der Waals surface area contributed by atoms with Crippen molar-refractivity contribution in [2.45, 2.75) is 19.4 Å². The summed E-state index contributed by atoms with van der Waals surface area (Å²) >= 11 is 5.92. The van der Waals surface area contributed by atoms with Gasteiger partial charge in [0, 0.05) is 29.9 Å². The average molecular weight is 451 g/mol. The van der Waals surface area contributed by atoms with Crippen LogP contribution in [0, 0.1) is 17.6 Å². The number of hydrogen-bond donors (Lipinski definition) is 3. The van der Waals surface area contributed by atoms with E-state index >= 15 is 0 Å². The van der Waals surface area contributed by atoms with Crippen molar-refractivity contribution in [1.82, 2.24) is 15.5 Å². The van der Waals surface area contributed by atoms with Crippen LogP contribution in [0.3, 0.4) is 0 Å². The molecule has 1 aliphatic heterocycles. The summed E-state index contributed by atoms with van der Waals surface area (Å²) in [6.07, 6.45) is 1.93. The van der Waals surface area contributed by atoms with Crippen LogP contribution in [0.2, 0.25) is 5.02 Å². The number of nitrogens with two attached hydrogens (primary N) is 1. The summed E-state index contributed by atoms with van der Waals surface area (Å²) in [6.45, 7) is 3.00. The number of piperidine rings is 1. The molecule has 6 nitrogen and oxygen atoms in total. The summed E-state index contributed by atoms with van der Waals surface area (Å²) in [4.78, 5) is 26.5. The maximum Gasteiger partial charge on any atom is 0.253 e. The Balaban J connectivity index is 1.36. The zero-order valence-corrected chi connectivity index (χ0v) is 17.7. The van der Waals surface area contributed by atoms with Crippen LogP contribution < -0.4 is 16.4 Å². The summed E-state index contributed by atoms with van der Waals surface area (Å²) in [6, 6.07) is 9.28. The van der Waals surface area contributed by atoms with E-state index in [1.165, 1.54) is 5.56 Å². The summed E-state index contributed by atoms with van der Waals surface area (Å²) in [7, 11) is 0. The van der Waals surface area contributed by atoms with Gasteiger partial charge in [-0.2, -0.15) is 0 Å². The quantitative estimate of drug-likeness (QED) is 0.566. The smallest absolute Gasteiger partial charge is 0.253 e. The van der Waals surface area contributed by atoms with Crippen molar-refractivity contribution in [3.8, 4) is 0 Å². The number of amides is 2. The zero-order chi connectivity index (χ0) is 22.4. The van der Waals surface area contributed by atoms with Gasteiger partial charge in [-0.3, -0.25) is 14.5 Å². The first-order chi connectivity index (χ1) is 14.8. The number of likely N-dealkylation sites (tertiary alicyclic amines) is 1. The summed E-state index contributed by atoms with van der Waals surface area (Å²) < 4.78 is 26.4. The van der Waals surface area contributed by atoms with E-state index < -0.39 is 17.5 Å². The van der Waals surface area contributed by atoms with E-state index in [-0.39, 0.29) is 23.7 Å². The van der Waals surface area contributed by atoms with E-state index in [9.17, 15) is 18.4 Å². The minimum Gasteiger partial charge on any atom is -0.398 e. The largest absolute Gasteiger partial charge is 0.398 e. The van der Waals surface area contributed by atoms with Crippen molar-refractivity contribution < 1.29 is 18.4 Å². The first-order valence-electron chi connectivity index (χ1n) is 10.1. The molecular weight excluding hydrogens is 426 g/mol. The second-order valence-corrected chi connectivity index (χ2v) is 8.12. The first kappa shape index (κ1) is 23.0. The Morgan fingerprint density at radius 2 is 1.71 bits per heavy atom. The van der Waals surface area contributed by atoms with E-state index in [0.717, 1.165) is 49.6 Å². The van der Waals surface area contributed by atoms with Crippen LogP contribution in [0.15, 0.2) is 36.4 Å². The third kappa shape index (κ3) is 6.63. The van der Waals surface area contributed by atoms with Crippen LogP contribution in [0.25, 0.3) is 0 Å². The van der Waals surface area contributed by atoms with E-state index in [2.05, 4.69) is 15.5 Å². The predicted molar refractivity (Wildman–Crippen MR) is 116 cm³/mol. The molecule has 2 amide bonds. The molecule has 1 saturated heterocycles. The van der Waals surface area contributed by atoms with Gasteiger partial charge in [0.15, 0.2) is 11.6 Å². The fourth-order valence-corrected chi connectivity index (χ4v) is 3.66. The molecule has 4 N–H and O–H groups in total. The van der Waals surface area contributed by atoms with Gasteiger partial charge in [0.05, 0.1) is 12.1 Å². The maximum atomic E-state index is 13.3. The molecule has 0 saturated carbocycles. The monoisotopic (exact) mass is 450 g/mol. The number of nitrogen functional groups attached to an aromatic ring is 1. The number of hydrogen-bond acceptors (Lipinski definition) is 4. The number of anilines is 1. The highest BCUT2D eigenvalue weighted by Gasteiger charge is 2.20. The molecule has 3 rings (SSSR count). The molecule has 1 fully saturated rings. The zero-order valence-electron chi connectivity index (χ0n) is 17.0. The third-order valence-corrected chi connectivity index (χ3v) is 5.61. The lowest BCUT2D eigenvalue weighted by molar-refractivity contribution is -0.120. The van der Waals surface area contributed by atoms with Crippen LogP contribution in [0.4, 0.5) is 14.5 Å². The normalized spacial score (nSPS) is 14.9. The van der Waals surface area contributed by atoms with Crippen LogP contribution in [-0.2, 0) is 11.3 Å². The molecule has 31 heavy (non-hydrogen) atoms. The Morgan fingerprint density at radius 1 is 1.06 bits per heavy atom. The molecule has 1 heterocycles. The second kappa shape index (κ2) is 10.5. The molecule has 9 heteroatoms. The van der Waals surface area contributed by atoms with Crippen molar-refractivity contribution >= 4 is 29.1 Å². The average Bonchev–Trinajstić information content (AvgIpc) is 2.75. The van der Waals surface area contributed by atoms with Gasteiger partial charge in [-0.15, -0.1) is 0 Å². The summed E-state index contributed by atoms with van der Waals surface area (Å²) in [5, 5.41) is 5.91. The fourth-order valence-electron chi connectivity index (χ4n) is 3.53. The van der Waals surface area contributed by atoms with E-state index in [1.807, 2.05) is 24.3 Å². The Hall–Kier alpha value is -2.71. The predicted octanol–water partition coefficient (Wildman–Crippen LogP) is 2.96. The molecule has 0 spiro atoms. The molecule has 0 atom stereocenters. The number of rotatable bonds is 7. The molecule has 1 aliphatic rings. The number of benzene rings is 2. The number of nitrogens with zero attached hydrogens (tertiary/aromatic N) is 1. The Labute approximate surface area is 184 Å². The minimum absolute atomic E-state index is 0.192. The van der Waals surface area contributed by atoms with Crippen molar-refractivity contribution in [3.05, 3.63) is 64.2 Å². The van der Waals surface area contributed by atoms with Gasteiger partial charge in [0.25, 0.3) is 5.91 Å². The highest BCUT2D eigenvalue weighted by molar-refractivity contribution is 6.30. The van der Waals surface area contributed by atoms with Crippen LogP contribution in [0.5, 0.6) is 0 Å². The van der Waals surface area contributed by atoms with Crippen LogP contribution in [0.1, 0.15) is 28.8 Å². The van der Waals surface area contributed by atoms with Crippen molar-refractivity contribution in [2.24, 2.45) is 5.92 Å². The van der Waals surface area contributed by atoms with E-state index in [4.69, 9.17) is 17.3 Å². The van der Waals surface area contributed by atoms with E-state index in [1.54, 1.807) is 0 Å². The van der Waals surface area contributed by atoms with Gasteiger partial charge in [-0.1, -0.05) is 23.7 Å². The molecule has 0 aromatic heterocycles. The SMILES string of the molecule is Nc1cc(F)c(F)cc1C(=O)NCC(=O)NCC1CCN(Cc2ccc(Cl)cc2)CC1. The second-order valence-electron chi connectivity index (χ2n) is 7.69. The summed E-state index contributed by atoms with van der Waals surface area (Å²) in [5.41, 5.74) is 6.36. The molecule has 0 unspecified atom stereocenters. The van der Waals surface area contributed by atoms with Gasteiger partial charge >= 0.3 is 0 Å². The Kier molecular flexibility index (Phi) is 7.81. The lowest BCUT2D eigenvalue weighted by Gasteiger charge is -2.32. The number of halogens is 3. The van der Waals surface area contributed by atoms with E-state index in [0.29, 0.717) is 12.5 Å². The van der Waals surface area contributed by atoms with Crippen molar-refractivity contribution in [2.75, 3.05) is 31.9 Å². The molecule has 0 radical (unpaired) electrons. The number of carbonyl (C=O) groups excluding carboxylic acids is 2. The van der Waals surface area contributed by atoms with Crippen LogP contribution >= 0.6 is 11.6 Å². The molecule has 2 aromatic rings. The Morgan fingerprint density at radius 3 is 2.39 bits per heavy atom. The topological polar surface area (TPSA) is 87.5 Å². The number of carbonyl (C=O) groups is 2. The molecule has 2 aromatic carbocycles. The highest BCUT2D eigenvalue weighted by atomic mass is 35.5. The van der Waals surface area contributed by atoms with Gasteiger partial charge in [0.1, 0.15) is 0 Å². The molecular formula is C22H25ClF2N4O2. The van der Waals surface area contributed by atoms with Crippen LogP contribution in [-0.4, -0.2) is 42.9 Å². The lowest BCUT2D eigenvalue weighted by atomic mass is 9.96. The molecule has 0 bridgehead atoms. The highest BCUT2D eigenvalue weighted by Crippen LogP contribution is 2.19. The maximum absolute atomic E-state index is 13.3. The fraction of sp³-hybridized carbons (Fsp3) is 0.364. The van der Waals surface area contributed by atoms with Crippen molar-refractivity contribution in [3.63, 3.8) is 0 Å². The van der Waals surface area contributed by atoms with Gasteiger partial charge in [-0.05, 0) is 55.6 Å². The Bertz CT molecular complexity index is 932. The number of nitrogens with one attached hydrogen (secondary N) is 2. The lowest BCUT2D eigenvalue weighted by Crippen LogP contribution is -2.41. The standard InChI is InChI=1S/C22H25ClF2N4O2/c23-16-3-1-15(2-4-16)13-29-7-5-14(6-8-29)11-27-21(30)12-28-22(31)17-9-18(24)19(25)10-20(17)26/h1-4,9-10,14H,5-8,11-13,26H2,(H,27,30)(H,28,31). The third-order valence-electron chi connectivity index (χ3n) is 5.36. The first-order valence-corrected chi connectivity index (χ1v) is 10.5. The summed E-state index contributed by atoms with van der Waals surface area (Å²) in [5.74, 6) is -3.03. The minimum atomic E-state index is -1.17. The molecule has 0 aliphatic carbocycles.